The molecule has 0 atom stereocenters. The molecular formula is C13H24O3. The lowest BCUT2D eigenvalue weighted by molar-refractivity contribution is -0.151. The largest absolute Gasteiger partial charge is 0.481 e. The molecule has 1 N–H and O–H groups in total. The van der Waals surface area contributed by atoms with Crippen LogP contribution in [0.4, 0.5) is 0 Å². The summed E-state index contributed by atoms with van der Waals surface area (Å²) >= 11 is 0. The molecule has 0 heterocycles. The minimum absolute atomic E-state index is 0.459. The molecular weight excluding hydrogens is 204 g/mol. The fourth-order valence-electron chi connectivity index (χ4n) is 2.71. The van der Waals surface area contributed by atoms with Crippen LogP contribution in [-0.2, 0) is 9.53 Å². The highest BCUT2D eigenvalue weighted by molar-refractivity contribution is 5.74. The Morgan fingerprint density at radius 2 is 1.75 bits per heavy atom. The van der Waals surface area contributed by atoms with Gasteiger partial charge in [-0.15, -0.1) is 0 Å². The van der Waals surface area contributed by atoms with Gasteiger partial charge in [0.1, 0.15) is 0 Å². The molecule has 1 saturated carbocycles. The van der Waals surface area contributed by atoms with Crippen LogP contribution >= 0.6 is 0 Å². The molecule has 3 heteroatoms. The van der Waals surface area contributed by atoms with Crippen LogP contribution in [0.25, 0.3) is 0 Å². The van der Waals surface area contributed by atoms with Gasteiger partial charge in [0.15, 0.2) is 0 Å². The summed E-state index contributed by atoms with van der Waals surface area (Å²) < 4.78 is 5.02. The minimum atomic E-state index is -0.592. The summed E-state index contributed by atoms with van der Waals surface area (Å²) in [6.07, 6.45) is 9.14. The van der Waals surface area contributed by atoms with Crippen LogP contribution in [0.5, 0.6) is 0 Å². The molecule has 0 radical (unpaired) electrons. The van der Waals surface area contributed by atoms with Crippen molar-refractivity contribution in [3.05, 3.63) is 0 Å². The number of rotatable bonds is 5. The maximum absolute atomic E-state index is 11.5. The number of carboxylic acid groups (broad SMARTS) is 1. The molecule has 0 bridgehead atoms. The van der Waals surface area contributed by atoms with E-state index in [1.54, 1.807) is 7.11 Å². The van der Waals surface area contributed by atoms with E-state index in [9.17, 15) is 9.90 Å². The van der Waals surface area contributed by atoms with E-state index in [1.165, 1.54) is 19.3 Å². The zero-order valence-corrected chi connectivity index (χ0v) is 10.3. The average Bonchev–Trinajstić information content (AvgIpc) is 2.21. The van der Waals surface area contributed by atoms with Crippen LogP contribution in [0.15, 0.2) is 0 Å². The molecule has 0 amide bonds. The molecule has 0 spiro atoms. The Kier molecular flexibility index (Phi) is 5.81. The summed E-state index contributed by atoms with van der Waals surface area (Å²) in [6, 6.07) is 0. The van der Waals surface area contributed by atoms with E-state index in [0.29, 0.717) is 6.61 Å². The maximum atomic E-state index is 11.5. The van der Waals surface area contributed by atoms with Gasteiger partial charge in [0.05, 0.1) is 5.41 Å². The first-order valence-corrected chi connectivity index (χ1v) is 6.44. The molecule has 0 unspecified atom stereocenters. The first kappa shape index (κ1) is 13.5. The van der Waals surface area contributed by atoms with E-state index < -0.39 is 11.4 Å². The van der Waals surface area contributed by atoms with E-state index >= 15 is 0 Å². The molecule has 0 aromatic carbocycles. The number of ether oxygens (including phenoxy) is 1. The first-order valence-electron chi connectivity index (χ1n) is 6.44. The van der Waals surface area contributed by atoms with Crippen molar-refractivity contribution in [2.24, 2.45) is 5.41 Å². The quantitative estimate of drug-likeness (QED) is 0.735. The van der Waals surface area contributed by atoms with Crippen molar-refractivity contribution in [2.75, 3.05) is 13.7 Å². The highest BCUT2D eigenvalue weighted by Crippen LogP contribution is 2.38. The van der Waals surface area contributed by atoms with E-state index in [1.807, 2.05) is 0 Å². The van der Waals surface area contributed by atoms with Gasteiger partial charge in [-0.1, -0.05) is 32.1 Å². The number of hydrogen-bond donors (Lipinski definition) is 1. The molecule has 16 heavy (non-hydrogen) atoms. The fraction of sp³-hybridized carbons (Fsp3) is 0.923. The van der Waals surface area contributed by atoms with Gasteiger partial charge in [-0.2, -0.15) is 0 Å². The number of carbonyl (C=O) groups is 1. The Balaban J connectivity index is 2.56. The Morgan fingerprint density at radius 3 is 2.25 bits per heavy atom. The minimum Gasteiger partial charge on any atom is -0.481 e. The van der Waals surface area contributed by atoms with E-state index in [-0.39, 0.29) is 0 Å². The Labute approximate surface area is 98.2 Å². The topological polar surface area (TPSA) is 46.5 Å². The van der Waals surface area contributed by atoms with Gasteiger partial charge >= 0.3 is 5.97 Å². The first-order chi connectivity index (χ1) is 7.71. The molecule has 1 aliphatic carbocycles. The van der Waals surface area contributed by atoms with E-state index in [2.05, 4.69) is 0 Å². The van der Waals surface area contributed by atoms with Crippen LogP contribution in [0.2, 0.25) is 0 Å². The summed E-state index contributed by atoms with van der Waals surface area (Å²) in [4.78, 5) is 11.5. The van der Waals surface area contributed by atoms with Gasteiger partial charge in [-0.25, -0.2) is 0 Å². The van der Waals surface area contributed by atoms with Crippen molar-refractivity contribution in [1.29, 1.82) is 0 Å². The van der Waals surface area contributed by atoms with Crippen LogP contribution < -0.4 is 0 Å². The SMILES string of the molecule is COCCCC1(C(=O)O)CCCCCCC1. The molecule has 94 valence electrons. The lowest BCUT2D eigenvalue weighted by atomic mass is 9.73. The van der Waals surface area contributed by atoms with Crippen LogP contribution in [0.3, 0.4) is 0 Å². The summed E-state index contributed by atoms with van der Waals surface area (Å²) in [5, 5.41) is 9.46. The highest BCUT2D eigenvalue weighted by Gasteiger charge is 2.37. The zero-order chi connectivity index (χ0) is 11.9. The lowest BCUT2D eigenvalue weighted by Gasteiger charge is -2.31. The summed E-state index contributed by atoms with van der Waals surface area (Å²) in [7, 11) is 1.67. The lowest BCUT2D eigenvalue weighted by Crippen LogP contribution is -2.32. The molecule has 0 aromatic heterocycles. The average molecular weight is 228 g/mol. The third kappa shape index (κ3) is 3.78. The van der Waals surface area contributed by atoms with E-state index in [4.69, 9.17) is 4.74 Å². The van der Waals surface area contributed by atoms with Crippen LogP contribution in [-0.4, -0.2) is 24.8 Å². The Hall–Kier alpha value is -0.570. The van der Waals surface area contributed by atoms with Gasteiger partial charge in [-0.3, -0.25) is 4.79 Å². The summed E-state index contributed by atoms with van der Waals surface area (Å²) in [6.45, 7) is 0.676. The summed E-state index contributed by atoms with van der Waals surface area (Å²) in [5.41, 5.74) is -0.459. The van der Waals surface area contributed by atoms with Crippen molar-refractivity contribution in [2.45, 2.75) is 57.8 Å². The highest BCUT2D eigenvalue weighted by atomic mass is 16.5. The normalized spacial score (nSPS) is 21.1. The fourth-order valence-corrected chi connectivity index (χ4v) is 2.71. The van der Waals surface area contributed by atoms with Crippen molar-refractivity contribution in [3.63, 3.8) is 0 Å². The Bertz CT molecular complexity index is 205. The standard InChI is InChI=1S/C13H24O3/c1-16-11-7-10-13(12(14)15)8-5-3-2-4-6-9-13/h2-11H2,1H3,(H,14,15). The molecule has 0 aliphatic heterocycles. The molecule has 3 nitrogen and oxygen atoms in total. The van der Waals surface area contributed by atoms with Crippen molar-refractivity contribution in [1.82, 2.24) is 0 Å². The molecule has 0 aromatic rings. The number of hydrogen-bond acceptors (Lipinski definition) is 2. The van der Waals surface area contributed by atoms with Gasteiger partial charge in [0.2, 0.25) is 0 Å². The third-order valence-corrected chi connectivity index (χ3v) is 3.77. The van der Waals surface area contributed by atoms with Crippen LogP contribution in [0.1, 0.15) is 57.8 Å². The van der Waals surface area contributed by atoms with Gasteiger partial charge in [0, 0.05) is 13.7 Å². The molecule has 0 saturated heterocycles. The molecule has 1 fully saturated rings. The molecule has 1 rings (SSSR count). The van der Waals surface area contributed by atoms with Crippen molar-refractivity contribution < 1.29 is 14.6 Å². The number of carboxylic acids is 1. The monoisotopic (exact) mass is 228 g/mol. The van der Waals surface area contributed by atoms with Crippen molar-refractivity contribution >= 4 is 5.97 Å². The second kappa shape index (κ2) is 6.89. The zero-order valence-electron chi connectivity index (χ0n) is 10.3. The molecule has 1 aliphatic rings. The maximum Gasteiger partial charge on any atom is 0.309 e. The predicted octanol–water partition coefficient (Wildman–Crippen LogP) is 3.23. The van der Waals surface area contributed by atoms with Gasteiger partial charge < -0.3 is 9.84 Å². The second-order valence-corrected chi connectivity index (χ2v) is 4.95. The number of aliphatic carboxylic acids is 1. The summed E-state index contributed by atoms with van der Waals surface area (Å²) in [5.74, 6) is -0.592. The number of methoxy groups -OCH3 is 1. The van der Waals surface area contributed by atoms with Gasteiger partial charge in [0.25, 0.3) is 0 Å². The van der Waals surface area contributed by atoms with Gasteiger partial charge in [-0.05, 0) is 25.7 Å². The Morgan fingerprint density at radius 1 is 1.19 bits per heavy atom. The van der Waals surface area contributed by atoms with Crippen molar-refractivity contribution in [3.8, 4) is 0 Å². The van der Waals surface area contributed by atoms with Crippen LogP contribution in [0, 0.1) is 5.41 Å². The van der Waals surface area contributed by atoms with E-state index in [0.717, 1.165) is 38.5 Å². The smallest absolute Gasteiger partial charge is 0.309 e. The third-order valence-electron chi connectivity index (χ3n) is 3.77. The second-order valence-electron chi connectivity index (χ2n) is 4.95. The predicted molar refractivity (Wildman–Crippen MR) is 63.5 cm³/mol.